The van der Waals surface area contributed by atoms with E-state index in [1.165, 1.54) is 0 Å². The van der Waals surface area contributed by atoms with E-state index < -0.39 is 17.9 Å². The van der Waals surface area contributed by atoms with E-state index >= 15 is 0 Å². The number of hydrogen-bond donors (Lipinski definition) is 1. The van der Waals surface area contributed by atoms with Gasteiger partial charge in [0.2, 0.25) is 0 Å². The molecule has 0 aromatic heterocycles. The zero-order valence-corrected chi connectivity index (χ0v) is 18.5. The Labute approximate surface area is 195 Å². The number of hydrogen-bond acceptors (Lipinski definition) is 5. The van der Waals surface area contributed by atoms with Crippen LogP contribution in [0.1, 0.15) is 22.7 Å². The lowest BCUT2D eigenvalue weighted by Crippen LogP contribution is -2.37. The molecule has 1 saturated heterocycles. The molecule has 7 heteroatoms. The van der Waals surface area contributed by atoms with Gasteiger partial charge in [-0.2, -0.15) is 0 Å². The first-order valence-electron chi connectivity index (χ1n) is 9.85. The number of aliphatic carboxylic acids is 1. The van der Waals surface area contributed by atoms with E-state index in [2.05, 4.69) is 0 Å². The molecule has 32 heavy (non-hydrogen) atoms. The molecule has 0 bridgehead atoms. The monoisotopic (exact) mass is 461 g/mol. The molecule has 1 heterocycles. The third-order valence-corrected chi connectivity index (χ3v) is 6.20. The number of rotatable bonds is 7. The Morgan fingerprint density at radius 2 is 1.62 bits per heavy atom. The van der Waals surface area contributed by atoms with Gasteiger partial charge in [-0.05, 0) is 23.3 Å². The highest BCUT2D eigenvalue weighted by molar-refractivity contribution is 8.26. The van der Waals surface area contributed by atoms with Crippen LogP contribution in [0, 0.1) is 0 Å². The highest BCUT2D eigenvalue weighted by atomic mass is 32.2. The Bertz CT molecular complexity index is 1180. The van der Waals surface area contributed by atoms with Crippen molar-refractivity contribution >= 4 is 46.3 Å². The van der Waals surface area contributed by atoms with Gasteiger partial charge in [0.05, 0.1) is 4.91 Å². The summed E-state index contributed by atoms with van der Waals surface area (Å²) in [6.45, 7) is 0.391. The molecule has 1 aliphatic rings. The fraction of sp³-hybridized carbons (Fsp3) is 0.0800. The number of para-hydroxylation sites is 1. The number of amides is 1. The van der Waals surface area contributed by atoms with Crippen molar-refractivity contribution in [3.63, 3.8) is 0 Å². The second-order valence-electron chi connectivity index (χ2n) is 7.02. The fourth-order valence-corrected chi connectivity index (χ4v) is 4.65. The molecule has 1 N–H and O–H groups in total. The Morgan fingerprint density at radius 3 is 2.31 bits per heavy atom. The van der Waals surface area contributed by atoms with Crippen molar-refractivity contribution in [3.8, 4) is 5.75 Å². The first kappa shape index (κ1) is 21.8. The van der Waals surface area contributed by atoms with Gasteiger partial charge in [0, 0.05) is 5.56 Å². The Morgan fingerprint density at radius 1 is 1.00 bits per heavy atom. The fourth-order valence-electron chi connectivity index (χ4n) is 3.35. The molecule has 0 saturated carbocycles. The van der Waals surface area contributed by atoms with Crippen molar-refractivity contribution < 1.29 is 19.4 Å². The molecule has 1 atom stereocenters. The van der Waals surface area contributed by atoms with Crippen LogP contribution in [-0.4, -0.2) is 26.2 Å². The summed E-state index contributed by atoms with van der Waals surface area (Å²) in [6.07, 6.45) is 1.70. The van der Waals surface area contributed by atoms with E-state index in [-0.39, 0.29) is 4.32 Å². The number of carbonyl (C=O) groups is 2. The summed E-state index contributed by atoms with van der Waals surface area (Å²) in [4.78, 5) is 26.7. The lowest BCUT2D eigenvalue weighted by molar-refractivity contribution is -0.145. The lowest BCUT2D eigenvalue weighted by Gasteiger charge is -2.23. The summed E-state index contributed by atoms with van der Waals surface area (Å²) in [5.41, 5.74) is 2.24. The molecule has 0 spiro atoms. The van der Waals surface area contributed by atoms with Crippen LogP contribution in [0.2, 0.25) is 0 Å². The molecule has 1 fully saturated rings. The summed E-state index contributed by atoms with van der Waals surface area (Å²) < 4.78 is 6.18. The quantitative estimate of drug-likeness (QED) is 0.381. The Balaban J connectivity index is 1.60. The van der Waals surface area contributed by atoms with Crippen LogP contribution < -0.4 is 4.74 Å². The average Bonchev–Trinajstić information content (AvgIpc) is 3.08. The zero-order valence-electron chi connectivity index (χ0n) is 16.9. The zero-order chi connectivity index (χ0) is 22.5. The van der Waals surface area contributed by atoms with Crippen molar-refractivity contribution in [1.82, 2.24) is 4.90 Å². The van der Waals surface area contributed by atoms with Crippen LogP contribution in [0.5, 0.6) is 5.75 Å². The molecule has 3 aromatic carbocycles. The standard InChI is InChI=1S/C25H19NO4S2/c27-23-21(32-25(31)26(23)22(24(28)29)18-11-5-2-6-12-18)15-19-13-7-8-14-20(19)30-16-17-9-3-1-4-10-17/h1-15,22H,16H2,(H,28,29)/b21-15-. The first-order valence-corrected chi connectivity index (χ1v) is 11.1. The molecule has 0 aliphatic carbocycles. The SMILES string of the molecule is O=C(O)C(c1ccccc1)N1C(=O)/C(=C/c2ccccc2OCc2ccccc2)SC1=S. The number of benzene rings is 3. The summed E-state index contributed by atoms with van der Waals surface area (Å²) in [7, 11) is 0. The number of ether oxygens (including phenoxy) is 1. The van der Waals surface area contributed by atoms with Crippen LogP contribution in [0.25, 0.3) is 6.08 Å². The highest BCUT2D eigenvalue weighted by Gasteiger charge is 2.41. The van der Waals surface area contributed by atoms with E-state index in [1.54, 1.807) is 36.4 Å². The van der Waals surface area contributed by atoms with Crippen molar-refractivity contribution in [2.24, 2.45) is 0 Å². The van der Waals surface area contributed by atoms with Gasteiger partial charge in [0.25, 0.3) is 5.91 Å². The predicted octanol–water partition coefficient (Wildman–Crippen LogP) is 5.29. The number of carbonyl (C=O) groups excluding carboxylic acids is 1. The molecular formula is C25H19NO4S2. The highest BCUT2D eigenvalue weighted by Crippen LogP contribution is 2.39. The minimum atomic E-state index is -1.18. The molecule has 3 aromatic rings. The molecule has 4 rings (SSSR count). The van der Waals surface area contributed by atoms with Gasteiger partial charge in [0.15, 0.2) is 6.04 Å². The molecular weight excluding hydrogens is 442 g/mol. The maximum Gasteiger partial charge on any atom is 0.331 e. The Kier molecular flexibility index (Phi) is 6.68. The van der Waals surface area contributed by atoms with Crippen molar-refractivity contribution in [2.45, 2.75) is 12.6 Å². The van der Waals surface area contributed by atoms with Crippen LogP contribution >= 0.6 is 24.0 Å². The van der Waals surface area contributed by atoms with Gasteiger partial charge < -0.3 is 9.84 Å². The van der Waals surface area contributed by atoms with Crippen molar-refractivity contribution in [1.29, 1.82) is 0 Å². The average molecular weight is 462 g/mol. The lowest BCUT2D eigenvalue weighted by atomic mass is 10.1. The summed E-state index contributed by atoms with van der Waals surface area (Å²) in [5, 5.41) is 9.82. The maximum atomic E-state index is 13.2. The van der Waals surface area contributed by atoms with Gasteiger partial charge in [-0.3, -0.25) is 9.69 Å². The van der Waals surface area contributed by atoms with Crippen LogP contribution in [0.3, 0.4) is 0 Å². The minimum absolute atomic E-state index is 0.209. The third-order valence-electron chi connectivity index (χ3n) is 4.87. The molecule has 1 amide bonds. The van der Waals surface area contributed by atoms with Crippen molar-refractivity contribution in [2.75, 3.05) is 0 Å². The topological polar surface area (TPSA) is 66.8 Å². The van der Waals surface area contributed by atoms with Gasteiger partial charge in [0.1, 0.15) is 16.7 Å². The van der Waals surface area contributed by atoms with E-state index in [1.807, 2.05) is 54.6 Å². The first-order chi connectivity index (χ1) is 15.5. The third kappa shape index (κ3) is 4.74. The number of carboxylic acids is 1. The van der Waals surface area contributed by atoms with Gasteiger partial charge in [-0.1, -0.05) is 103 Å². The smallest absolute Gasteiger partial charge is 0.331 e. The van der Waals surface area contributed by atoms with Crippen LogP contribution in [-0.2, 0) is 16.2 Å². The number of carboxylic acid groups (broad SMARTS) is 1. The molecule has 1 unspecified atom stereocenters. The maximum absolute atomic E-state index is 13.2. The Hall–Kier alpha value is -3.42. The van der Waals surface area contributed by atoms with E-state index in [4.69, 9.17) is 17.0 Å². The molecule has 0 radical (unpaired) electrons. The van der Waals surface area contributed by atoms with E-state index in [9.17, 15) is 14.7 Å². The van der Waals surface area contributed by atoms with Gasteiger partial charge in [-0.25, -0.2) is 4.79 Å². The second-order valence-corrected chi connectivity index (χ2v) is 8.69. The minimum Gasteiger partial charge on any atom is -0.488 e. The normalized spacial score (nSPS) is 15.8. The van der Waals surface area contributed by atoms with E-state index in [0.29, 0.717) is 22.8 Å². The van der Waals surface area contributed by atoms with Crippen LogP contribution in [0.4, 0.5) is 0 Å². The summed E-state index contributed by atoms with van der Waals surface area (Å²) in [5.74, 6) is -0.950. The summed E-state index contributed by atoms with van der Waals surface area (Å²) >= 11 is 6.48. The van der Waals surface area contributed by atoms with Crippen LogP contribution in [0.15, 0.2) is 89.8 Å². The number of thiocarbonyl (C=S) groups is 1. The molecule has 5 nitrogen and oxygen atoms in total. The summed E-state index contributed by atoms with van der Waals surface area (Å²) in [6, 6.07) is 24.6. The molecule has 160 valence electrons. The number of nitrogens with zero attached hydrogens (tertiary/aromatic N) is 1. The van der Waals surface area contributed by atoms with Gasteiger partial charge in [-0.15, -0.1) is 0 Å². The van der Waals surface area contributed by atoms with Crippen molar-refractivity contribution in [3.05, 3.63) is 107 Å². The predicted molar refractivity (Wildman–Crippen MR) is 129 cm³/mol. The largest absolute Gasteiger partial charge is 0.488 e. The molecule has 1 aliphatic heterocycles. The second kappa shape index (κ2) is 9.80. The van der Waals surface area contributed by atoms with E-state index in [0.717, 1.165) is 27.8 Å². The number of thioether (sulfide) groups is 1. The van der Waals surface area contributed by atoms with Gasteiger partial charge >= 0.3 is 5.97 Å².